The average molecular weight is 742 g/mol. The van der Waals surface area contributed by atoms with E-state index in [1.165, 1.54) is 12.9 Å². The molecule has 0 N–H and O–H groups in total. The van der Waals surface area contributed by atoms with Crippen LogP contribution in [0.1, 0.15) is 22.3 Å². The molecule has 1 fully saturated rings. The van der Waals surface area contributed by atoms with Gasteiger partial charge in [0, 0.05) is 56.2 Å². The van der Waals surface area contributed by atoms with Gasteiger partial charge in [0.25, 0.3) is 10.0 Å². The summed E-state index contributed by atoms with van der Waals surface area (Å²) in [5.41, 5.74) is 5.21. The Balaban J connectivity index is 1.29. The first-order chi connectivity index (χ1) is 24.2. The van der Waals surface area contributed by atoms with Gasteiger partial charge in [0.1, 0.15) is 0 Å². The van der Waals surface area contributed by atoms with Crippen LogP contribution in [0.5, 0.6) is 0 Å². The maximum Gasteiger partial charge on any atom is 0.263 e. The Bertz CT molecular complexity index is 2430. The number of aryl methyl sites for hydroxylation is 3. The first kappa shape index (κ1) is 34.0. The molecule has 0 aromatic heterocycles. The first-order valence-corrected chi connectivity index (χ1v) is 21.3. The minimum atomic E-state index is -3.99. The summed E-state index contributed by atoms with van der Waals surface area (Å²) in [7, 11) is -11.9. The number of hydrogen-bond donors (Lipinski definition) is 0. The van der Waals surface area contributed by atoms with Crippen LogP contribution in [0.25, 0.3) is 0 Å². The third-order valence-corrected chi connectivity index (χ3v) is 16.6. The van der Waals surface area contributed by atoms with Crippen molar-refractivity contribution in [1.29, 1.82) is 0 Å². The average Bonchev–Trinajstić information content (AvgIpc) is 3.86. The maximum absolute atomic E-state index is 14.4. The van der Waals surface area contributed by atoms with Crippen molar-refractivity contribution in [2.75, 3.05) is 32.7 Å². The van der Waals surface area contributed by atoms with Crippen molar-refractivity contribution >= 4 is 30.1 Å². The monoisotopic (exact) mass is 741 g/mol. The molecule has 0 bridgehead atoms. The van der Waals surface area contributed by atoms with Crippen LogP contribution >= 0.6 is 0 Å². The van der Waals surface area contributed by atoms with E-state index >= 15 is 0 Å². The molecular weight excluding hydrogens is 703 g/mol. The Morgan fingerprint density at radius 1 is 0.549 bits per heavy atom. The van der Waals surface area contributed by atoms with Gasteiger partial charge in [-0.05, 0) is 79.5 Å². The van der Waals surface area contributed by atoms with Gasteiger partial charge >= 0.3 is 0 Å². The van der Waals surface area contributed by atoms with Gasteiger partial charge in [-0.25, -0.2) is 25.3 Å². The van der Waals surface area contributed by atoms with Crippen LogP contribution in [0.4, 0.5) is 0 Å². The standard InChI is InChI=1S/C39H39N3O6S3/c1-27-9-15-31(16-10-27)49(43,44)40-21-34-35(22-40)38-25-42(51(47,48)33-19-13-29(3)14-20-33)26-39(38,30-7-5-4-6-8-30)37-24-41(23-36(34)37)50(45,46)32-17-11-28(2)12-18-32/h4-20,23,37-38H,21-22,24-26H2,1-3H3/t37-,38-,39-/m0/s1. The molecule has 0 saturated carbocycles. The quantitative estimate of drug-likeness (QED) is 0.251. The number of fused-ring (bicyclic) bond motifs is 5. The summed E-state index contributed by atoms with van der Waals surface area (Å²) in [6.45, 7) is 6.19. The van der Waals surface area contributed by atoms with Crippen molar-refractivity contribution in [3.8, 4) is 0 Å². The van der Waals surface area contributed by atoms with Gasteiger partial charge < -0.3 is 0 Å². The molecule has 4 aliphatic rings. The van der Waals surface area contributed by atoms with Crippen molar-refractivity contribution < 1.29 is 25.3 Å². The highest BCUT2D eigenvalue weighted by Crippen LogP contribution is 2.60. The lowest BCUT2D eigenvalue weighted by Crippen LogP contribution is -2.49. The minimum absolute atomic E-state index is 0.0678. The minimum Gasteiger partial charge on any atom is -0.272 e. The molecule has 1 aliphatic carbocycles. The number of hydrogen-bond acceptors (Lipinski definition) is 6. The van der Waals surface area contributed by atoms with E-state index in [4.69, 9.17) is 0 Å². The smallest absolute Gasteiger partial charge is 0.263 e. The molecule has 9 nitrogen and oxygen atoms in total. The van der Waals surface area contributed by atoms with E-state index in [0.717, 1.165) is 39.0 Å². The predicted octanol–water partition coefficient (Wildman–Crippen LogP) is 5.39. The van der Waals surface area contributed by atoms with Crippen molar-refractivity contribution in [1.82, 2.24) is 12.9 Å². The molecule has 4 aromatic rings. The zero-order valence-electron chi connectivity index (χ0n) is 28.6. The second-order valence-electron chi connectivity index (χ2n) is 14.2. The lowest BCUT2D eigenvalue weighted by molar-refractivity contribution is 0.252. The summed E-state index contributed by atoms with van der Waals surface area (Å²) in [6, 6.07) is 30.0. The van der Waals surface area contributed by atoms with E-state index in [2.05, 4.69) is 0 Å². The first-order valence-electron chi connectivity index (χ1n) is 16.9. The Labute approximate surface area is 300 Å². The number of benzene rings is 4. The number of sulfonamides is 3. The molecule has 0 amide bonds. The van der Waals surface area contributed by atoms with Gasteiger partial charge in [-0.3, -0.25) is 4.31 Å². The predicted molar refractivity (Wildman–Crippen MR) is 195 cm³/mol. The van der Waals surface area contributed by atoms with Gasteiger partial charge in [-0.15, -0.1) is 0 Å². The van der Waals surface area contributed by atoms with Crippen LogP contribution < -0.4 is 0 Å². The Morgan fingerprint density at radius 3 is 1.57 bits per heavy atom. The molecule has 8 rings (SSSR count). The maximum atomic E-state index is 14.4. The van der Waals surface area contributed by atoms with Crippen molar-refractivity contribution in [3.63, 3.8) is 0 Å². The third kappa shape index (κ3) is 5.33. The van der Waals surface area contributed by atoms with Gasteiger partial charge in [-0.2, -0.15) is 8.61 Å². The number of nitrogens with zero attached hydrogens (tertiary/aromatic N) is 3. The van der Waals surface area contributed by atoms with Crippen LogP contribution in [0, 0.1) is 32.6 Å². The van der Waals surface area contributed by atoms with E-state index in [9.17, 15) is 25.3 Å². The third-order valence-electron chi connectivity index (χ3n) is 11.2. The van der Waals surface area contributed by atoms with E-state index < -0.39 is 47.3 Å². The highest BCUT2D eigenvalue weighted by atomic mass is 32.2. The van der Waals surface area contributed by atoms with Crippen LogP contribution in [-0.2, 0) is 35.5 Å². The van der Waals surface area contributed by atoms with Gasteiger partial charge in [0.05, 0.1) is 14.7 Å². The normalized spacial score (nSPS) is 24.0. The molecule has 3 heterocycles. The van der Waals surface area contributed by atoms with Crippen molar-refractivity contribution in [2.45, 2.75) is 40.9 Å². The highest BCUT2D eigenvalue weighted by molar-refractivity contribution is 7.89. The van der Waals surface area contributed by atoms with E-state index in [0.29, 0.717) is 0 Å². The van der Waals surface area contributed by atoms with Crippen LogP contribution in [-0.4, -0.2) is 70.9 Å². The summed E-state index contributed by atoms with van der Waals surface area (Å²) in [5.74, 6) is -0.846. The molecule has 0 spiro atoms. The van der Waals surface area contributed by atoms with Crippen LogP contribution in [0.2, 0.25) is 0 Å². The van der Waals surface area contributed by atoms with E-state index in [-0.39, 0.29) is 47.4 Å². The lowest BCUT2D eigenvalue weighted by atomic mass is 9.56. The van der Waals surface area contributed by atoms with Gasteiger partial charge in [0.2, 0.25) is 20.0 Å². The molecule has 4 aromatic carbocycles. The van der Waals surface area contributed by atoms with E-state index in [1.807, 2.05) is 51.1 Å². The molecule has 264 valence electrons. The second-order valence-corrected chi connectivity index (χ2v) is 20.0. The molecule has 3 atom stereocenters. The fraction of sp³-hybridized carbons (Fsp3) is 0.282. The fourth-order valence-corrected chi connectivity index (χ4v) is 12.7. The molecule has 3 aliphatic heterocycles. The lowest BCUT2D eigenvalue weighted by Gasteiger charge is -2.46. The summed E-state index contributed by atoms with van der Waals surface area (Å²) < 4.78 is 90.0. The summed E-state index contributed by atoms with van der Waals surface area (Å²) in [6.07, 6.45) is 1.68. The number of rotatable bonds is 7. The zero-order valence-corrected chi connectivity index (χ0v) is 31.0. The zero-order chi connectivity index (χ0) is 35.9. The summed E-state index contributed by atoms with van der Waals surface area (Å²) in [4.78, 5) is 0.524. The van der Waals surface area contributed by atoms with Gasteiger partial charge in [0.15, 0.2) is 0 Å². The van der Waals surface area contributed by atoms with Crippen LogP contribution in [0.15, 0.2) is 141 Å². The Kier molecular flexibility index (Phi) is 8.00. The molecule has 0 radical (unpaired) electrons. The van der Waals surface area contributed by atoms with E-state index in [1.54, 1.807) is 79.0 Å². The highest BCUT2D eigenvalue weighted by Gasteiger charge is 2.63. The summed E-state index contributed by atoms with van der Waals surface area (Å²) >= 11 is 0. The second kappa shape index (κ2) is 12.0. The SMILES string of the molecule is Cc1ccc(S(=O)(=O)N2C=C3C4=C(CN(S(=O)(=O)c5ccc(C)cc5)C4)[C@@H]4CN(S(=O)(=O)c5ccc(C)cc5)C[C@]4(c4ccccc4)[C@H]3C2)cc1. The molecule has 0 unspecified atom stereocenters. The molecular formula is C39H39N3O6S3. The molecule has 1 saturated heterocycles. The molecule has 12 heteroatoms. The fourth-order valence-electron chi connectivity index (χ4n) is 8.46. The van der Waals surface area contributed by atoms with Crippen LogP contribution in [0.3, 0.4) is 0 Å². The largest absolute Gasteiger partial charge is 0.272 e. The van der Waals surface area contributed by atoms with Crippen molar-refractivity contribution in [2.24, 2.45) is 11.8 Å². The summed E-state index contributed by atoms with van der Waals surface area (Å²) in [5, 5.41) is 0. The van der Waals surface area contributed by atoms with Gasteiger partial charge in [-0.1, -0.05) is 83.4 Å². The molecule has 51 heavy (non-hydrogen) atoms. The Hall–Kier alpha value is -4.07. The Morgan fingerprint density at radius 2 is 1.04 bits per heavy atom. The van der Waals surface area contributed by atoms with Crippen molar-refractivity contribution in [3.05, 3.63) is 148 Å². The topological polar surface area (TPSA) is 112 Å².